The number of benzene rings is 2. The maximum atomic E-state index is 12.4. The third kappa shape index (κ3) is 3.93. The van der Waals surface area contributed by atoms with Gasteiger partial charge in [0.15, 0.2) is 0 Å². The van der Waals surface area contributed by atoms with Crippen LogP contribution in [0.1, 0.15) is 26.3 Å². The SMILES string of the molecule is CC(C)(C)c1ccc(NC(=O)N2CC(Oc3ccc4ccccc4n3)C2)cc1. The number of likely N-dealkylation sites (tertiary alicyclic amines) is 1. The summed E-state index contributed by atoms with van der Waals surface area (Å²) in [6.07, 6.45) is -0.0253. The minimum atomic E-state index is -0.102. The highest BCUT2D eigenvalue weighted by Gasteiger charge is 2.32. The molecule has 0 atom stereocenters. The van der Waals surface area contributed by atoms with Gasteiger partial charge in [-0.3, -0.25) is 0 Å². The highest BCUT2D eigenvalue weighted by Crippen LogP contribution is 2.24. The number of ether oxygens (including phenoxy) is 1. The summed E-state index contributed by atoms with van der Waals surface area (Å²) in [6.45, 7) is 7.63. The highest BCUT2D eigenvalue weighted by atomic mass is 16.5. The Morgan fingerprint density at radius 2 is 1.75 bits per heavy atom. The second kappa shape index (κ2) is 7.15. The zero-order chi connectivity index (χ0) is 19.7. The van der Waals surface area contributed by atoms with Crippen molar-refractivity contribution < 1.29 is 9.53 Å². The van der Waals surface area contributed by atoms with E-state index >= 15 is 0 Å². The van der Waals surface area contributed by atoms with Crippen molar-refractivity contribution in [1.29, 1.82) is 0 Å². The van der Waals surface area contributed by atoms with E-state index in [4.69, 9.17) is 4.74 Å². The molecule has 3 aromatic rings. The van der Waals surface area contributed by atoms with Gasteiger partial charge in [0, 0.05) is 17.1 Å². The van der Waals surface area contributed by atoms with Gasteiger partial charge in [-0.2, -0.15) is 0 Å². The number of fused-ring (bicyclic) bond motifs is 1. The highest BCUT2D eigenvalue weighted by molar-refractivity contribution is 5.90. The van der Waals surface area contributed by atoms with E-state index in [1.165, 1.54) is 5.56 Å². The fourth-order valence-corrected chi connectivity index (χ4v) is 3.22. The van der Waals surface area contributed by atoms with Crippen molar-refractivity contribution in [3.05, 3.63) is 66.2 Å². The van der Waals surface area contributed by atoms with E-state index in [9.17, 15) is 4.79 Å². The number of para-hydroxylation sites is 1. The second-order valence-corrected chi connectivity index (χ2v) is 8.24. The van der Waals surface area contributed by atoms with Gasteiger partial charge in [0.2, 0.25) is 5.88 Å². The minimum Gasteiger partial charge on any atom is -0.471 e. The van der Waals surface area contributed by atoms with Crippen LogP contribution in [-0.2, 0) is 5.41 Å². The van der Waals surface area contributed by atoms with Gasteiger partial charge in [0.1, 0.15) is 6.10 Å². The predicted octanol–water partition coefficient (Wildman–Crippen LogP) is 4.83. The number of anilines is 1. The molecule has 1 N–H and O–H groups in total. The van der Waals surface area contributed by atoms with E-state index in [0.717, 1.165) is 16.6 Å². The number of hydrogen-bond acceptors (Lipinski definition) is 3. The van der Waals surface area contributed by atoms with Crippen molar-refractivity contribution in [1.82, 2.24) is 9.88 Å². The van der Waals surface area contributed by atoms with E-state index < -0.39 is 0 Å². The Labute approximate surface area is 165 Å². The normalized spacial score (nSPS) is 14.6. The van der Waals surface area contributed by atoms with Gasteiger partial charge in [0.25, 0.3) is 0 Å². The van der Waals surface area contributed by atoms with Gasteiger partial charge in [-0.25, -0.2) is 9.78 Å². The average molecular weight is 375 g/mol. The lowest BCUT2D eigenvalue weighted by molar-refractivity contribution is 0.0463. The molecule has 1 aliphatic rings. The average Bonchev–Trinajstić information content (AvgIpc) is 2.64. The van der Waals surface area contributed by atoms with Crippen LogP contribution in [0.25, 0.3) is 10.9 Å². The van der Waals surface area contributed by atoms with Crippen molar-refractivity contribution in [2.24, 2.45) is 0 Å². The Hall–Kier alpha value is -3.08. The zero-order valence-corrected chi connectivity index (χ0v) is 16.5. The molecule has 0 spiro atoms. The van der Waals surface area contributed by atoms with Crippen LogP contribution in [-0.4, -0.2) is 35.1 Å². The smallest absolute Gasteiger partial charge is 0.322 e. The first-order chi connectivity index (χ1) is 13.4. The van der Waals surface area contributed by atoms with Crippen LogP contribution in [0.4, 0.5) is 10.5 Å². The molecular weight excluding hydrogens is 350 g/mol. The van der Waals surface area contributed by atoms with Crippen LogP contribution in [0.5, 0.6) is 5.88 Å². The van der Waals surface area contributed by atoms with Crippen molar-refractivity contribution in [3.63, 3.8) is 0 Å². The fraction of sp³-hybridized carbons (Fsp3) is 0.304. The number of amides is 2. The van der Waals surface area contributed by atoms with Crippen molar-refractivity contribution in [3.8, 4) is 5.88 Å². The topological polar surface area (TPSA) is 54.5 Å². The van der Waals surface area contributed by atoms with Gasteiger partial charge in [-0.15, -0.1) is 0 Å². The van der Waals surface area contributed by atoms with E-state index in [-0.39, 0.29) is 17.6 Å². The number of urea groups is 1. The van der Waals surface area contributed by atoms with Gasteiger partial charge in [-0.1, -0.05) is 51.1 Å². The van der Waals surface area contributed by atoms with E-state index in [2.05, 4.69) is 43.2 Å². The van der Waals surface area contributed by atoms with Gasteiger partial charge >= 0.3 is 6.03 Å². The first-order valence-corrected chi connectivity index (χ1v) is 9.57. The molecule has 1 saturated heterocycles. The molecule has 28 heavy (non-hydrogen) atoms. The summed E-state index contributed by atoms with van der Waals surface area (Å²) in [5.41, 5.74) is 3.05. The lowest BCUT2D eigenvalue weighted by atomic mass is 9.87. The lowest BCUT2D eigenvalue weighted by Crippen LogP contribution is -2.57. The molecule has 5 nitrogen and oxygen atoms in total. The van der Waals surface area contributed by atoms with Crippen molar-refractivity contribution in [2.75, 3.05) is 18.4 Å². The molecule has 2 aromatic carbocycles. The molecule has 1 fully saturated rings. The Morgan fingerprint density at radius 3 is 2.46 bits per heavy atom. The van der Waals surface area contributed by atoms with Crippen LogP contribution in [0.15, 0.2) is 60.7 Å². The predicted molar refractivity (Wildman–Crippen MR) is 112 cm³/mol. The summed E-state index contributed by atoms with van der Waals surface area (Å²) in [5, 5.41) is 4.03. The molecule has 0 aliphatic carbocycles. The summed E-state index contributed by atoms with van der Waals surface area (Å²) in [5.74, 6) is 0.599. The van der Waals surface area contributed by atoms with Crippen LogP contribution in [0.3, 0.4) is 0 Å². The number of pyridine rings is 1. The largest absolute Gasteiger partial charge is 0.471 e. The number of aromatic nitrogens is 1. The Morgan fingerprint density at radius 1 is 1.04 bits per heavy atom. The van der Waals surface area contributed by atoms with Gasteiger partial charge in [-0.05, 0) is 35.2 Å². The summed E-state index contributed by atoms with van der Waals surface area (Å²) in [6, 6.07) is 19.7. The number of nitrogens with zero attached hydrogens (tertiary/aromatic N) is 2. The molecular formula is C23H25N3O2. The number of nitrogens with one attached hydrogen (secondary N) is 1. The van der Waals surface area contributed by atoms with Crippen molar-refractivity contribution in [2.45, 2.75) is 32.3 Å². The maximum absolute atomic E-state index is 12.4. The van der Waals surface area contributed by atoms with Crippen LogP contribution < -0.4 is 10.1 Å². The molecule has 0 unspecified atom stereocenters. The van der Waals surface area contributed by atoms with Gasteiger partial charge in [0.05, 0.1) is 18.6 Å². The lowest BCUT2D eigenvalue weighted by Gasteiger charge is -2.38. The number of carbonyl (C=O) groups is 1. The van der Waals surface area contributed by atoms with Crippen LogP contribution in [0.2, 0.25) is 0 Å². The summed E-state index contributed by atoms with van der Waals surface area (Å²) in [4.78, 5) is 18.7. The molecule has 1 aromatic heterocycles. The summed E-state index contributed by atoms with van der Waals surface area (Å²) < 4.78 is 5.91. The molecule has 0 bridgehead atoms. The molecule has 2 heterocycles. The fourth-order valence-electron chi connectivity index (χ4n) is 3.22. The molecule has 5 heteroatoms. The van der Waals surface area contributed by atoms with E-state index in [1.54, 1.807) is 4.90 Å². The zero-order valence-electron chi connectivity index (χ0n) is 16.5. The Bertz CT molecular complexity index is 987. The first kappa shape index (κ1) is 18.3. The quantitative estimate of drug-likeness (QED) is 0.713. The van der Waals surface area contributed by atoms with E-state index in [0.29, 0.717) is 19.0 Å². The monoisotopic (exact) mass is 375 g/mol. The standard InChI is InChI=1S/C23H25N3O2/c1-23(2,3)17-9-11-18(12-10-17)24-22(27)26-14-19(15-26)28-21-13-8-16-6-4-5-7-20(16)25-21/h4-13,19H,14-15H2,1-3H3,(H,24,27). The second-order valence-electron chi connectivity index (χ2n) is 8.24. The maximum Gasteiger partial charge on any atom is 0.322 e. The van der Waals surface area contributed by atoms with Crippen LogP contribution >= 0.6 is 0 Å². The van der Waals surface area contributed by atoms with Crippen molar-refractivity contribution >= 4 is 22.6 Å². The van der Waals surface area contributed by atoms with Crippen LogP contribution in [0, 0.1) is 0 Å². The first-order valence-electron chi connectivity index (χ1n) is 9.57. The molecule has 2 amide bonds. The number of rotatable bonds is 3. The number of carbonyl (C=O) groups excluding carboxylic acids is 1. The Balaban J connectivity index is 1.30. The molecule has 1 aliphatic heterocycles. The molecule has 4 rings (SSSR count). The molecule has 144 valence electrons. The summed E-state index contributed by atoms with van der Waals surface area (Å²) in [7, 11) is 0. The summed E-state index contributed by atoms with van der Waals surface area (Å²) >= 11 is 0. The van der Waals surface area contributed by atoms with E-state index in [1.807, 2.05) is 48.5 Å². The molecule has 0 saturated carbocycles. The third-order valence-corrected chi connectivity index (χ3v) is 5.00. The van der Waals surface area contributed by atoms with Gasteiger partial charge < -0.3 is 15.0 Å². The molecule has 0 radical (unpaired) electrons. The Kier molecular flexibility index (Phi) is 4.67. The minimum absolute atomic E-state index is 0.0253. The third-order valence-electron chi connectivity index (χ3n) is 5.00. The number of hydrogen-bond donors (Lipinski definition) is 1.